The van der Waals surface area contributed by atoms with E-state index in [1.54, 1.807) is 12.3 Å². The van der Waals surface area contributed by atoms with Crippen LogP contribution in [0.2, 0.25) is 5.02 Å². The number of hydrogen-bond donors (Lipinski definition) is 1. The molecule has 0 radical (unpaired) electrons. The number of aromatic nitrogens is 2. The molecule has 0 aliphatic rings. The van der Waals surface area contributed by atoms with Crippen molar-refractivity contribution in [2.45, 2.75) is 13.8 Å². The van der Waals surface area contributed by atoms with Crippen molar-refractivity contribution >= 4 is 39.4 Å². The van der Waals surface area contributed by atoms with Gasteiger partial charge < -0.3 is 9.72 Å². The second-order valence-electron chi connectivity index (χ2n) is 4.34. The number of carbonyl (C=O) groups excluding carboxylic acids is 1. The Morgan fingerprint density at radius 1 is 1.26 bits per heavy atom. The molecule has 19 heavy (non-hydrogen) atoms. The second kappa shape index (κ2) is 4.24. The van der Waals surface area contributed by atoms with Gasteiger partial charge in [-0.25, -0.2) is 0 Å². The highest BCUT2D eigenvalue weighted by molar-refractivity contribution is 6.37. The molecule has 0 aliphatic carbocycles. The lowest BCUT2D eigenvalue weighted by Crippen LogP contribution is -2.01. The van der Waals surface area contributed by atoms with Gasteiger partial charge >= 0.3 is 5.97 Å². The Balaban J connectivity index is 2.35. The number of pyridine rings is 1. The van der Waals surface area contributed by atoms with Crippen LogP contribution in [0.1, 0.15) is 12.6 Å². The molecule has 0 saturated heterocycles. The highest BCUT2D eigenvalue weighted by Crippen LogP contribution is 2.36. The number of H-pyrrole nitrogens is 1. The normalized spacial score (nSPS) is 11.1. The molecule has 4 nitrogen and oxygen atoms in total. The SMILES string of the molecule is CC(=O)Oc1ccc2c([nH]c3c(C)nccc32)c1Cl. The van der Waals surface area contributed by atoms with E-state index in [0.717, 1.165) is 27.5 Å². The van der Waals surface area contributed by atoms with Gasteiger partial charge in [-0.1, -0.05) is 11.6 Å². The molecule has 0 unspecified atom stereocenters. The molecular formula is C14H11ClN2O2. The van der Waals surface area contributed by atoms with Gasteiger partial charge in [0.25, 0.3) is 0 Å². The zero-order valence-corrected chi connectivity index (χ0v) is 11.2. The van der Waals surface area contributed by atoms with E-state index in [9.17, 15) is 4.79 Å². The minimum atomic E-state index is -0.393. The van der Waals surface area contributed by atoms with Gasteiger partial charge in [0.2, 0.25) is 0 Å². The molecule has 96 valence electrons. The summed E-state index contributed by atoms with van der Waals surface area (Å²) in [6.45, 7) is 3.28. The maximum atomic E-state index is 11.0. The zero-order chi connectivity index (χ0) is 13.6. The Bertz CT molecular complexity index is 808. The number of esters is 1. The molecule has 0 spiro atoms. The topological polar surface area (TPSA) is 55.0 Å². The lowest BCUT2D eigenvalue weighted by atomic mass is 10.1. The van der Waals surface area contributed by atoms with Crippen molar-refractivity contribution in [1.29, 1.82) is 0 Å². The number of rotatable bonds is 1. The first-order chi connectivity index (χ1) is 9.08. The van der Waals surface area contributed by atoms with Crippen molar-refractivity contribution in [3.8, 4) is 5.75 Å². The standard InChI is InChI=1S/C14H11ClN2O2/c1-7-13-10(5-6-16-7)9-3-4-11(19-8(2)18)12(15)14(9)17-13/h3-6,17H,1-2H3. The van der Waals surface area contributed by atoms with E-state index >= 15 is 0 Å². The number of nitrogens with one attached hydrogen (secondary N) is 1. The van der Waals surface area contributed by atoms with Crippen LogP contribution in [0.3, 0.4) is 0 Å². The molecule has 0 atom stereocenters. The highest BCUT2D eigenvalue weighted by atomic mass is 35.5. The second-order valence-corrected chi connectivity index (χ2v) is 4.72. The third kappa shape index (κ3) is 1.85. The van der Waals surface area contributed by atoms with E-state index in [4.69, 9.17) is 16.3 Å². The summed E-state index contributed by atoms with van der Waals surface area (Å²) in [5.74, 6) is -0.0333. The Hall–Kier alpha value is -2.07. The highest BCUT2D eigenvalue weighted by Gasteiger charge is 2.13. The first-order valence-electron chi connectivity index (χ1n) is 5.82. The Morgan fingerprint density at radius 3 is 2.74 bits per heavy atom. The van der Waals surface area contributed by atoms with E-state index in [0.29, 0.717) is 10.8 Å². The van der Waals surface area contributed by atoms with Crippen molar-refractivity contribution in [2.24, 2.45) is 0 Å². The molecule has 0 amide bonds. The van der Waals surface area contributed by atoms with Gasteiger partial charge in [0, 0.05) is 23.9 Å². The van der Waals surface area contributed by atoms with Crippen molar-refractivity contribution in [2.75, 3.05) is 0 Å². The Labute approximate surface area is 114 Å². The van der Waals surface area contributed by atoms with E-state index in [1.165, 1.54) is 6.92 Å². The number of hydrogen-bond acceptors (Lipinski definition) is 3. The summed E-state index contributed by atoms with van der Waals surface area (Å²) in [7, 11) is 0. The van der Waals surface area contributed by atoms with E-state index < -0.39 is 5.97 Å². The fourth-order valence-corrected chi connectivity index (χ4v) is 2.46. The van der Waals surface area contributed by atoms with Gasteiger partial charge in [-0.15, -0.1) is 0 Å². The van der Waals surface area contributed by atoms with Crippen LogP contribution in [0, 0.1) is 6.92 Å². The molecule has 1 aromatic carbocycles. The maximum absolute atomic E-state index is 11.0. The summed E-state index contributed by atoms with van der Waals surface area (Å²) >= 11 is 6.28. The van der Waals surface area contributed by atoms with Crippen LogP contribution in [0.5, 0.6) is 5.75 Å². The molecule has 2 aromatic heterocycles. The van der Waals surface area contributed by atoms with Crippen LogP contribution in [-0.4, -0.2) is 15.9 Å². The molecule has 0 bridgehead atoms. The van der Waals surface area contributed by atoms with Gasteiger partial charge in [-0.2, -0.15) is 0 Å². The fourth-order valence-electron chi connectivity index (χ4n) is 2.21. The summed E-state index contributed by atoms with van der Waals surface area (Å²) in [5.41, 5.74) is 2.60. The average molecular weight is 275 g/mol. The van der Waals surface area contributed by atoms with Crippen LogP contribution in [0.25, 0.3) is 21.8 Å². The fraction of sp³-hybridized carbons (Fsp3) is 0.143. The summed E-state index contributed by atoms with van der Waals surface area (Å²) < 4.78 is 5.07. The third-order valence-electron chi connectivity index (χ3n) is 3.04. The van der Waals surface area contributed by atoms with Crippen molar-refractivity contribution in [1.82, 2.24) is 9.97 Å². The minimum absolute atomic E-state index is 0.360. The lowest BCUT2D eigenvalue weighted by molar-refractivity contribution is -0.131. The van der Waals surface area contributed by atoms with Crippen LogP contribution < -0.4 is 4.74 Å². The summed E-state index contributed by atoms with van der Waals surface area (Å²) in [6, 6.07) is 5.52. The van der Waals surface area contributed by atoms with Gasteiger partial charge in [0.05, 0.1) is 16.7 Å². The lowest BCUT2D eigenvalue weighted by Gasteiger charge is -2.04. The number of benzene rings is 1. The Kier molecular flexibility index (Phi) is 2.68. The number of aryl methyl sites for hydroxylation is 1. The molecule has 0 aliphatic heterocycles. The molecule has 3 aromatic rings. The molecule has 3 rings (SSSR count). The van der Waals surface area contributed by atoms with Crippen molar-refractivity contribution in [3.05, 3.63) is 35.1 Å². The zero-order valence-electron chi connectivity index (χ0n) is 10.5. The van der Waals surface area contributed by atoms with Crippen LogP contribution in [0.4, 0.5) is 0 Å². The quantitative estimate of drug-likeness (QED) is 0.545. The summed E-state index contributed by atoms with van der Waals surface area (Å²) in [4.78, 5) is 18.5. The molecule has 0 saturated carbocycles. The van der Waals surface area contributed by atoms with Crippen LogP contribution in [-0.2, 0) is 4.79 Å². The van der Waals surface area contributed by atoms with Crippen molar-refractivity contribution in [3.63, 3.8) is 0 Å². The largest absolute Gasteiger partial charge is 0.425 e. The molecule has 5 heteroatoms. The van der Waals surface area contributed by atoms with E-state index in [1.807, 2.05) is 19.1 Å². The first kappa shape index (κ1) is 12.0. The number of aromatic amines is 1. The number of halogens is 1. The minimum Gasteiger partial charge on any atom is -0.425 e. The number of nitrogens with zero attached hydrogens (tertiary/aromatic N) is 1. The summed E-state index contributed by atoms with van der Waals surface area (Å²) in [6.07, 6.45) is 1.76. The van der Waals surface area contributed by atoms with E-state index in [2.05, 4.69) is 9.97 Å². The number of ether oxygens (including phenoxy) is 1. The predicted molar refractivity (Wildman–Crippen MR) is 74.7 cm³/mol. The van der Waals surface area contributed by atoms with Gasteiger partial charge in [0.15, 0.2) is 5.75 Å². The molecular weight excluding hydrogens is 264 g/mol. The van der Waals surface area contributed by atoms with Crippen LogP contribution in [0.15, 0.2) is 24.4 Å². The maximum Gasteiger partial charge on any atom is 0.308 e. The van der Waals surface area contributed by atoms with Gasteiger partial charge in [0.1, 0.15) is 5.02 Å². The Morgan fingerprint density at radius 2 is 2.00 bits per heavy atom. The van der Waals surface area contributed by atoms with Crippen molar-refractivity contribution < 1.29 is 9.53 Å². The monoisotopic (exact) mass is 274 g/mol. The summed E-state index contributed by atoms with van der Waals surface area (Å²) in [5, 5.41) is 2.45. The molecule has 1 N–H and O–H groups in total. The predicted octanol–water partition coefficient (Wildman–Crippen LogP) is 3.60. The number of carbonyl (C=O) groups is 1. The van der Waals surface area contributed by atoms with Gasteiger partial charge in [-0.05, 0) is 25.1 Å². The molecule has 0 fully saturated rings. The molecule has 2 heterocycles. The van der Waals surface area contributed by atoms with Crippen LogP contribution >= 0.6 is 11.6 Å². The first-order valence-corrected chi connectivity index (χ1v) is 6.19. The smallest absolute Gasteiger partial charge is 0.308 e. The number of fused-ring (bicyclic) bond motifs is 3. The average Bonchev–Trinajstić information content (AvgIpc) is 2.73. The van der Waals surface area contributed by atoms with E-state index in [-0.39, 0.29) is 0 Å². The third-order valence-corrected chi connectivity index (χ3v) is 3.42. The van der Waals surface area contributed by atoms with Gasteiger partial charge in [-0.3, -0.25) is 9.78 Å².